The second-order valence-electron chi connectivity index (χ2n) is 3.09. The number of nitrogens with zero attached hydrogens (tertiary/aromatic N) is 1. The Kier molecular flexibility index (Phi) is 6.55. The van der Waals surface area contributed by atoms with E-state index in [1.54, 1.807) is 0 Å². The van der Waals surface area contributed by atoms with E-state index in [0.717, 1.165) is 17.4 Å². The van der Waals surface area contributed by atoms with Crippen LogP contribution in [0.15, 0.2) is 0 Å². The van der Waals surface area contributed by atoms with Crippen LogP contribution in [-0.4, -0.2) is 54.8 Å². The van der Waals surface area contributed by atoms with Crippen molar-refractivity contribution in [3.63, 3.8) is 0 Å². The molecule has 0 heterocycles. The van der Waals surface area contributed by atoms with Crippen LogP contribution in [0, 0.1) is 0 Å². The molecule has 0 aromatic rings. The van der Waals surface area contributed by atoms with Gasteiger partial charge in [0.05, 0.1) is 27.7 Å². The van der Waals surface area contributed by atoms with E-state index in [2.05, 4.69) is 21.1 Å². The van der Waals surface area contributed by atoms with Crippen molar-refractivity contribution < 1.29 is 9.59 Å². The summed E-state index contributed by atoms with van der Waals surface area (Å²) in [6, 6.07) is 0. The van der Waals surface area contributed by atoms with Gasteiger partial charge in [0.2, 0.25) is 0 Å². The molecular formula is C6H20NOSi+. The average molecular weight is 150 g/mol. The molecule has 0 atom stereocenters. The molecule has 9 heavy (non-hydrogen) atoms. The van der Waals surface area contributed by atoms with Gasteiger partial charge in [-0.15, -0.1) is 0 Å². The second kappa shape index (κ2) is 4.96. The quantitative estimate of drug-likeness (QED) is 0.388. The Morgan fingerprint density at radius 1 is 1.22 bits per heavy atom. The summed E-state index contributed by atoms with van der Waals surface area (Å²) >= 11 is 0. The first-order chi connectivity index (χ1) is 3.56. The molecule has 0 aliphatic carbocycles. The van der Waals surface area contributed by atoms with Gasteiger partial charge in [-0.25, -0.2) is 0 Å². The second-order valence-corrected chi connectivity index (χ2v) is 3.09. The summed E-state index contributed by atoms with van der Waals surface area (Å²) in [4.78, 5) is 0. The standard InChI is InChI=1S/C6H16NO.H4Si/c1-7(2,3)5-4-6-8;/h8H,4-6H2,1-3H3;1H4/q+1;. The predicted octanol–water partition coefficient (Wildman–Crippen LogP) is -1.38. The van der Waals surface area contributed by atoms with Gasteiger partial charge in [-0.2, -0.15) is 0 Å². The van der Waals surface area contributed by atoms with E-state index < -0.39 is 0 Å². The lowest BCUT2D eigenvalue weighted by Crippen LogP contribution is -2.35. The van der Waals surface area contributed by atoms with Crippen LogP contribution in [-0.2, 0) is 0 Å². The van der Waals surface area contributed by atoms with E-state index >= 15 is 0 Å². The molecule has 3 heteroatoms. The molecule has 0 fully saturated rings. The fourth-order valence-corrected chi connectivity index (χ4v) is 0.545. The molecular weight excluding hydrogens is 130 g/mol. The molecule has 0 aliphatic rings. The Hall–Kier alpha value is 0.137. The normalized spacial score (nSPS) is 10.7. The van der Waals surface area contributed by atoms with Crippen LogP contribution in [0.1, 0.15) is 6.42 Å². The SMILES string of the molecule is C[N+](C)(C)CCCO.[SiH4]. The summed E-state index contributed by atoms with van der Waals surface area (Å²) in [5.41, 5.74) is 0. The zero-order valence-corrected chi connectivity index (χ0v) is 6.02. The fourth-order valence-electron chi connectivity index (χ4n) is 0.545. The van der Waals surface area contributed by atoms with E-state index in [1.165, 1.54) is 0 Å². The van der Waals surface area contributed by atoms with Gasteiger partial charge in [-0.1, -0.05) is 0 Å². The topological polar surface area (TPSA) is 20.2 Å². The summed E-state index contributed by atoms with van der Waals surface area (Å²) in [7, 11) is 6.36. The van der Waals surface area contributed by atoms with Gasteiger partial charge < -0.3 is 9.59 Å². The van der Waals surface area contributed by atoms with Crippen LogP contribution in [0.2, 0.25) is 0 Å². The molecule has 0 bridgehead atoms. The molecule has 0 saturated heterocycles. The van der Waals surface area contributed by atoms with Crippen molar-refractivity contribution in [1.29, 1.82) is 0 Å². The summed E-state index contributed by atoms with van der Waals surface area (Å²) in [6.07, 6.45) is 0.906. The fraction of sp³-hybridized carbons (Fsp3) is 1.00. The maximum Gasteiger partial charge on any atom is 0.0802 e. The van der Waals surface area contributed by atoms with E-state index in [-0.39, 0.29) is 11.0 Å². The van der Waals surface area contributed by atoms with Crippen LogP contribution in [0.5, 0.6) is 0 Å². The highest BCUT2D eigenvalue weighted by molar-refractivity contribution is 5.75. The third kappa shape index (κ3) is 11.6. The van der Waals surface area contributed by atoms with Crippen molar-refractivity contribution in [2.45, 2.75) is 6.42 Å². The lowest BCUT2D eigenvalue weighted by atomic mass is 10.4. The van der Waals surface area contributed by atoms with Gasteiger partial charge in [0.25, 0.3) is 0 Å². The van der Waals surface area contributed by atoms with Crippen molar-refractivity contribution in [1.82, 2.24) is 0 Å². The first-order valence-electron chi connectivity index (χ1n) is 2.97. The molecule has 1 N–H and O–H groups in total. The molecule has 0 radical (unpaired) electrons. The van der Waals surface area contributed by atoms with E-state index in [9.17, 15) is 0 Å². The molecule has 0 rings (SSSR count). The van der Waals surface area contributed by atoms with Crippen molar-refractivity contribution in [3.05, 3.63) is 0 Å². The Morgan fingerprint density at radius 2 is 1.67 bits per heavy atom. The Bertz CT molecular complexity index is 60.6. The molecule has 0 spiro atoms. The number of hydrogen-bond donors (Lipinski definition) is 1. The largest absolute Gasteiger partial charge is 0.396 e. The van der Waals surface area contributed by atoms with Crippen LogP contribution in [0.4, 0.5) is 0 Å². The highest BCUT2D eigenvalue weighted by Crippen LogP contribution is 1.90. The summed E-state index contributed by atoms with van der Waals surface area (Å²) < 4.78 is 0.945. The van der Waals surface area contributed by atoms with E-state index in [0.29, 0.717) is 6.61 Å². The number of quaternary nitrogens is 1. The lowest BCUT2D eigenvalue weighted by molar-refractivity contribution is -0.870. The van der Waals surface area contributed by atoms with Gasteiger partial charge in [0, 0.05) is 13.0 Å². The number of rotatable bonds is 3. The minimum atomic E-state index is 0. The molecule has 0 aromatic heterocycles. The maximum absolute atomic E-state index is 8.42. The third-order valence-corrected chi connectivity index (χ3v) is 0.987. The van der Waals surface area contributed by atoms with Crippen molar-refractivity contribution in [2.24, 2.45) is 0 Å². The van der Waals surface area contributed by atoms with Crippen LogP contribution in [0.25, 0.3) is 0 Å². The zero-order valence-electron chi connectivity index (χ0n) is 6.02. The maximum atomic E-state index is 8.42. The highest BCUT2D eigenvalue weighted by atomic mass is 28.1. The number of aliphatic hydroxyl groups excluding tert-OH is 1. The number of aliphatic hydroxyl groups is 1. The van der Waals surface area contributed by atoms with Crippen molar-refractivity contribution in [3.8, 4) is 0 Å². The minimum absolute atomic E-state index is 0. The molecule has 58 valence electrons. The monoisotopic (exact) mass is 150 g/mol. The Labute approximate surface area is 62.1 Å². The van der Waals surface area contributed by atoms with E-state index in [1.807, 2.05) is 0 Å². The average Bonchev–Trinajstić information content (AvgIpc) is 1.59. The van der Waals surface area contributed by atoms with E-state index in [4.69, 9.17) is 5.11 Å². The van der Waals surface area contributed by atoms with Crippen LogP contribution < -0.4 is 0 Å². The Morgan fingerprint density at radius 3 is 1.78 bits per heavy atom. The molecule has 2 nitrogen and oxygen atoms in total. The summed E-state index contributed by atoms with van der Waals surface area (Å²) in [6.45, 7) is 1.37. The minimum Gasteiger partial charge on any atom is -0.396 e. The van der Waals surface area contributed by atoms with Gasteiger partial charge in [-0.3, -0.25) is 0 Å². The van der Waals surface area contributed by atoms with Gasteiger partial charge in [-0.05, 0) is 11.0 Å². The van der Waals surface area contributed by atoms with Gasteiger partial charge in [0.1, 0.15) is 0 Å². The third-order valence-electron chi connectivity index (χ3n) is 0.987. The zero-order chi connectivity index (χ0) is 6.62. The Balaban J connectivity index is 0. The first kappa shape index (κ1) is 11.9. The first-order valence-corrected chi connectivity index (χ1v) is 2.97. The smallest absolute Gasteiger partial charge is 0.0802 e. The molecule has 0 unspecified atom stereocenters. The summed E-state index contributed by atoms with van der Waals surface area (Å²) in [5, 5.41) is 8.42. The molecule has 0 amide bonds. The summed E-state index contributed by atoms with van der Waals surface area (Å²) in [5.74, 6) is 0. The van der Waals surface area contributed by atoms with Crippen molar-refractivity contribution in [2.75, 3.05) is 34.3 Å². The molecule has 0 aromatic carbocycles. The lowest BCUT2D eigenvalue weighted by Gasteiger charge is -2.22. The predicted molar refractivity (Wildman–Crippen MR) is 45.9 cm³/mol. The van der Waals surface area contributed by atoms with Crippen molar-refractivity contribution >= 4 is 11.0 Å². The number of hydrogen-bond acceptors (Lipinski definition) is 1. The van der Waals surface area contributed by atoms with Crippen LogP contribution >= 0.6 is 0 Å². The van der Waals surface area contributed by atoms with Crippen LogP contribution in [0.3, 0.4) is 0 Å². The van der Waals surface area contributed by atoms with Gasteiger partial charge in [0.15, 0.2) is 0 Å². The molecule has 0 aliphatic heterocycles. The highest BCUT2D eigenvalue weighted by Gasteiger charge is 2.03. The molecule has 0 saturated carbocycles. The van der Waals surface area contributed by atoms with Gasteiger partial charge >= 0.3 is 0 Å².